The summed E-state index contributed by atoms with van der Waals surface area (Å²) in [6.45, 7) is 0. The van der Waals surface area contributed by atoms with Crippen LogP contribution in [0.5, 0.6) is 0 Å². The second-order valence-electron chi connectivity index (χ2n) is 8.51. The molecule has 2 aromatic heterocycles. The van der Waals surface area contributed by atoms with E-state index < -0.39 is 4.92 Å². The van der Waals surface area contributed by atoms with E-state index in [2.05, 4.69) is 17.1 Å². The van der Waals surface area contributed by atoms with E-state index in [1.165, 1.54) is 12.1 Å². The summed E-state index contributed by atoms with van der Waals surface area (Å²) in [6.07, 6.45) is 0. The topological polar surface area (TPSA) is 89.6 Å². The molecule has 0 saturated heterocycles. The van der Waals surface area contributed by atoms with Crippen molar-refractivity contribution in [1.82, 2.24) is 19.7 Å². The molecule has 6 rings (SSSR count). The molecule has 7 nitrogen and oxygen atoms in total. The molecule has 0 amide bonds. The van der Waals surface area contributed by atoms with E-state index in [1.54, 1.807) is 12.1 Å². The van der Waals surface area contributed by atoms with Crippen LogP contribution in [0.4, 0.5) is 5.69 Å². The van der Waals surface area contributed by atoms with Gasteiger partial charge < -0.3 is 4.98 Å². The molecule has 0 radical (unpaired) electrons. The summed E-state index contributed by atoms with van der Waals surface area (Å²) in [6, 6.07) is 38.4. The van der Waals surface area contributed by atoms with Crippen molar-refractivity contribution < 1.29 is 4.92 Å². The Kier molecular flexibility index (Phi) is 5.63. The Hall–Kier alpha value is -5.30. The summed E-state index contributed by atoms with van der Waals surface area (Å²) in [7, 11) is 0. The van der Waals surface area contributed by atoms with Gasteiger partial charge in [-0.3, -0.25) is 10.1 Å². The molecule has 0 aliphatic carbocycles. The number of imidazole rings is 1. The standard InChI is InChI=1S/C30H21N5O2/c36-35(37)25-18-16-21(17-19-25)26-20-27(34(33-26)24-14-8-3-9-15-24)30-31-28(22-10-4-1-5-11-22)29(32-30)23-12-6-2-7-13-23/h1-20H,(H,31,32). The van der Waals surface area contributed by atoms with Crippen molar-refractivity contribution in [3.05, 3.63) is 131 Å². The van der Waals surface area contributed by atoms with Crippen LogP contribution < -0.4 is 0 Å². The largest absolute Gasteiger partial charge is 0.336 e. The zero-order chi connectivity index (χ0) is 25.2. The molecule has 0 bridgehead atoms. The van der Waals surface area contributed by atoms with Gasteiger partial charge in [-0.1, -0.05) is 78.9 Å². The van der Waals surface area contributed by atoms with Crippen molar-refractivity contribution in [2.45, 2.75) is 0 Å². The van der Waals surface area contributed by atoms with Crippen LogP contribution in [0.1, 0.15) is 0 Å². The lowest BCUT2D eigenvalue weighted by atomic mass is 10.1. The Morgan fingerprint density at radius 2 is 1.30 bits per heavy atom. The predicted octanol–water partition coefficient (Wildman–Crippen LogP) is 7.17. The Morgan fingerprint density at radius 3 is 1.92 bits per heavy atom. The first-order chi connectivity index (χ1) is 18.2. The smallest absolute Gasteiger partial charge is 0.269 e. The summed E-state index contributed by atoms with van der Waals surface area (Å²) >= 11 is 0. The Bertz CT molecular complexity index is 1620. The molecule has 7 heteroatoms. The van der Waals surface area contributed by atoms with Gasteiger partial charge in [-0.2, -0.15) is 5.10 Å². The number of nitrogens with zero attached hydrogens (tertiary/aromatic N) is 4. The van der Waals surface area contributed by atoms with Crippen LogP contribution in [0, 0.1) is 10.1 Å². The average Bonchev–Trinajstić information content (AvgIpc) is 3.60. The first-order valence-corrected chi connectivity index (χ1v) is 11.8. The monoisotopic (exact) mass is 483 g/mol. The van der Waals surface area contributed by atoms with Gasteiger partial charge in [0.05, 0.1) is 27.7 Å². The number of nitrogens with one attached hydrogen (secondary N) is 1. The molecular weight excluding hydrogens is 462 g/mol. The number of nitro benzene ring substituents is 1. The number of para-hydroxylation sites is 1. The lowest BCUT2D eigenvalue weighted by Gasteiger charge is -2.05. The number of aromatic amines is 1. The number of hydrogen-bond acceptors (Lipinski definition) is 4. The molecule has 0 unspecified atom stereocenters. The van der Waals surface area contributed by atoms with Crippen molar-refractivity contribution in [1.29, 1.82) is 0 Å². The third-order valence-electron chi connectivity index (χ3n) is 6.14. The van der Waals surface area contributed by atoms with Crippen molar-refractivity contribution >= 4 is 5.69 Å². The zero-order valence-electron chi connectivity index (χ0n) is 19.7. The van der Waals surface area contributed by atoms with Gasteiger partial charge in [-0.05, 0) is 30.3 Å². The maximum absolute atomic E-state index is 11.1. The fourth-order valence-corrected chi connectivity index (χ4v) is 4.32. The summed E-state index contributed by atoms with van der Waals surface area (Å²) in [5.41, 5.74) is 6.96. The fraction of sp³-hybridized carbons (Fsp3) is 0. The summed E-state index contributed by atoms with van der Waals surface area (Å²) in [5.74, 6) is 0.669. The van der Waals surface area contributed by atoms with Crippen LogP contribution >= 0.6 is 0 Å². The minimum Gasteiger partial charge on any atom is -0.336 e. The highest BCUT2D eigenvalue weighted by Crippen LogP contribution is 2.35. The Morgan fingerprint density at radius 1 is 0.703 bits per heavy atom. The van der Waals surface area contributed by atoms with E-state index in [4.69, 9.17) is 10.1 Å². The second-order valence-corrected chi connectivity index (χ2v) is 8.51. The zero-order valence-corrected chi connectivity index (χ0v) is 19.7. The highest BCUT2D eigenvalue weighted by Gasteiger charge is 2.20. The van der Waals surface area contributed by atoms with Gasteiger partial charge in [0.2, 0.25) is 0 Å². The van der Waals surface area contributed by atoms with Crippen LogP contribution in [-0.2, 0) is 0 Å². The van der Waals surface area contributed by atoms with E-state index >= 15 is 0 Å². The van der Waals surface area contributed by atoms with Crippen molar-refractivity contribution in [2.75, 3.05) is 0 Å². The molecule has 0 saturated carbocycles. The van der Waals surface area contributed by atoms with E-state index in [0.717, 1.165) is 39.5 Å². The van der Waals surface area contributed by atoms with Crippen molar-refractivity contribution in [3.63, 3.8) is 0 Å². The molecule has 6 aromatic rings. The van der Waals surface area contributed by atoms with E-state index in [-0.39, 0.29) is 5.69 Å². The number of aromatic nitrogens is 4. The molecule has 0 fully saturated rings. The highest BCUT2D eigenvalue weighted by atomic mass is 16.6. The normalized spacial score (nSPS) is 10.9. The van der Waals surface area contributed by atoms with Gasteiger partial charge >= 0.3 is 0 Å². The molecule has 0 aliphatic rings. The first kappa shape index (κ1) is 22.2. The van der Waals surface area contributed by atoms with Crippen LogP contribution in [-0.4, -0.2) is 24.7 Å². The number of rotatable bonds is 6. The van der Waals surface area contributed by atoms with Crippen LogP contribution in [0.15, 0.2) is 121 Å². The maximum Gasteiger partial charge on any atom is 0.269 e. The second kappa shape index (κ2) is 9.39. The van der Waals surface area contributed by atoms with Gasteiger partial charge in [-0.15, -0.1) is 0 Å². The lowest BCUT2D eigenvalue weighted by molar-refractivity contribution is -0.384. The van der Waals surface area contributed by atoms with Gasteiger partial charge in [0.1, 0.15) is 5.69 Å². The van der Waals surface area contributed by atoms with Crippen molar-refractivity contribution in [3.8, 4) is 51.0 Å². The summed E-state index contributed by atoms with van der Waals surface area (Å²) < 4.78 is 1.85. The molecule has 178 valence electrons. The average molecular weight is 484 g/mol. The van der Waals surface area contributed by atoms with E-state index in [1.807, 2.05) is 89.6 Å². The maximum atomic E-state index is 11.1. The van der Waals surface area contributed by atoms with Gasteiger partial charge in [-0.25, -0.2) is 9.67 Å². The number of hydrogen-bond donors (Lipinski definition) is 1. The van der Waals surface area contributed by atoms with Gasteiger partial charge in [0.15, 0.2) is 5.82 Å². The van der Waals surface area contributed by atoms with Gasteiger partial charge in [0, 0.05) is 28.8 Å². The van der Waals surface area contributed by atoms with Crippen LogP contribution in [0.25, 0.3) is 51.0 Å². The summed E-state index contributed by atoms with van der Waals surface area (Å²) in [4.78, 5) is 19.3. The molecule has 0 spiro atoms. The Labute approximate surface area is 212 Å². The molecular formula is C30H21N5O2. The minimum absolute atomic E-state index is 0.0394. The third-order valence-corrected chi connectivity index (χ3v) is 6.14. The number of H-pyrrole nitrogens is 1. The molecule has 4 aromatic carbocycles. The first-order valence-electron chi connectivity index (χ1n) is 11.8. The summed E-state index contributed by atoms with van der Waals surface area (Å²) in [5, 5.41) is 16.0. The van der Waals surface area contributed by atoms with Crippen LogP contribution in [0.2, 0.25) is 0 Å². The number of non-ortho nitro benzene ring substituents is 1. The highest BCUT2D eigenvalue weighted by molar-refractivity contribution is 5.81. The fourth-order valence-electron chi connectivity index (χ4n) is 4.32. The molecule has 0 aliphatic heterocycles. The molecule has 0 atom stereocenters. The predicted molar refractivity (Wildman–Crippen MR) is 144 cm³/mol. The van der Waals surface area contributed by atoms with Gasteiger partial charge in [0.25, 0.3) is 5.69 Å². The third kappa shape index (κ3) is 4.30. The van der Waals surface area contributed by atoms with Crippen molar-refractivity contribution in [2.24, 2.45) is 0 Å². The quantitative estimate of drug-likeness (QED) is 0.201. The molecule has 2 heterocycles. The number of nitro groups is 1. The minimum atomic E-state index is -0.406. The molecule has 37 heavy (non-hydrogen) atoms. The SMILES string of the molecule is O=[N+]([O-])c1ccc(-c2cc(-c3nc(-c4ccccc4)c(-c4ccccc4)[nH]3)n(-c3ccccc3)n2)cc1. The number of benzene rings is 4. The van der Waals surface area contributed by atoms with Crippen LogP contribution in [0.3, 0.4) is 0 Å². The molecule has 1 N–H and O–H groups in total. The Balaban J connectivity index is 1.54. The lowest BCUT2D eigenvalue weighted by Crippen LogP contribution is -1.99. The van der Waals surface area contributed by atoms with E-state index in [9.17, 15) is 10.1 Å². The van der Waals surface area contributed by atoms with E-state index in [0.29, 0.717) is 11.5 Å².